The van der Waals surface area contributed by atoms with Crippen LogP contribution in [-0.4, -0.2) is 45.0 Å². The van der Waals surface area contributed by atoms with Gasteiger partial charge in [-0.15, -0.1) is 0 Å². The van der Waals surface area contributed by atoms with Crippen LogP contribution in [0.25, 0.3) is 11.4 Å². The molecule has 0 radical (unpaired) electrons. The van der Waals surface area contributed by atoms with Crippen LogP contribution in [0.5, 0.6) is 0 Å². The smallest absolute Gasteiger partial charge is 0.199 e. The molecule has 4 rings (SSSR count). The molecule has 0 spiro atoms. The van der Waals surface area contributed by atoms with E-state index in [0.29, 0.717) is 0 Å². The Labute approximate surface area is 170 Å². The van der Waals surface area contributed by atoms with Crippen LogP contribution >= 0.6 is 23.8 Å². The van der Waals surface area contributed by atoms with Gasteiger partial charge in [0.1, 0.15) is 0 Å². The van der Waals surface area contributed by atoms with Crippen molar-refractivity contribution < 1.29 is 4.74 Å². The summed E-state index contributed by atoms with van der Waals surface area (Å²) in [5.41, 5.74) is 1.04. The lowest BCUT2D eigenvalue weighted by molar-refractivity contribution is 0.0964. The normalized spacial score (nSPS) is 21.8. The highest BCUT2D eigenvalue weighted by molar-refractivity contribution is 7.71. The number of piperidine rings is 1. The predicted molar refractivity (Wildman–Crippen MR) is 110 cm³/mol. The minimum Gasteiger partial charge on any atom is -0.376 e. The SMILES string of the molecule is CC1CCN(Cn2nc(-c3ccc(Cl)cc3)n(CC3CCCO3)c2=S)CC1. The third-order valence-electron chi connectivity index (χ3n) is 5.65. The molecule has 2 aromatic rings. The van der Waals surface area contributed by atoms with Gasteiger partial charge in [0.25, 0.3) is 0 Å². The largest absolute Gasteiger partial charge is 0.376 e. The van der Waals surface area contributed by atoms with E-state index in [1.807, 2.05) is 28.9 Å². The van der Waals surface area contributed by atoms with Crippen LogP contribution in [0.2, 0.25) is 5.02 Å². The van der Waals surface area contributed by atoms with E-state index in [2.05, 4.69) is 16.4 Å². The van der Waals surface area contributed by atoms with E-state index in [1.165, 1.54) is 12.8 Å². The second-order valence-electron chi connectivity index (χ2n) is 7.80. The Bertz CT molecular complexity index is 817. The zero-order valence-corrected chi connectivity index (χ0v) is 17.4. The molecular formula is C20H27ClN4OS. The summed E-state index contributed by atoms with van der Waals surface area (Å²) in [6.07, 6.45) is 4.91. The van der Waals surface area contributed by atoms with Gasteiger partial charge in [0.2, 0.25) is 0 Å². The summed E-state index contributed by atoms with van der Waals surface area (Å²) in [6, 6.07) is 7.83. The maximum absolute atomic E-state index is 6.07. The Morgan fingerprint density at radius 3 is 2.59 bits per heavy atom. The highest BCUT2D eigenvalue weighted by Crippen LogP contribution is 2.24. The molecule has 5 nitrogen and oxygen atoms in total. The van der Waals surface area contributed by atoms with Crippen molar-refractivity contribution in [2.75, 3.05) is 19.7 Å². The highest BCUT2D eigenvalue weighted by atomic mass is 35.5. The molecule has 1 aromatic heterocycles. The first-order valence-corrected chi connectivity index (χ1v) is 10.7. The van der Waals surface area contributed by atoms with Crippen molar-refractivity contribution in [2.45, 2.75) is 51.9 Å². The molecule has 0 saturated carbocycles. The zero-order chi connectivity index (χ0) is 18.8. The monoisotopic (exact) mass is 406 g/mol. The van der Waals surface area contributed by atoms with E-state index in [0.717, 1.165) is 72.9 Å². The maximum atomic E-state index is 6.07. The van der Waals surface area contributed by atoms with Crippen LogP contribution in [0, 0.1) is 10.7 Å². The van der Waals surface area contributed by atoms with Crippen LogP contribution < -0.4 is 0 Å². The minimum absolute atomic E-state index is 0.219. The molecule has 7 heteroatoms. The first-order valence-electron chi connectivity index (χ1n) is 9.87. The number of likely N-dealkylation sites (tertiary alicyclic amines) is 1. The third kappa shape index (κ3) is 4.45. The fourth-order valence-electron chi connectivity index (χ4n) is 3.90. The lowest BCUT2D eigenvalue weighted by Gasteiger charge is -2.29. The molecule has 3 heterocycles. The number of rotatable bonds is 5. The Hall–Kier alpha value is -1.21. The van der Waals surface area contributed by atoms with Crippen molar-refractivity contribution in [3.05, 3.63) is 34.1 Å². The number of aromatic nitrogens is 3. The molecule has 2 saturated heterocycles. The first kappa shape index (κ1) is 19.1. The average molecular weight is 407 g/mol. The van der Waals surface area contributed by atoms with Gasteiger partial charge in [0.05, 0.1) is 19.3 Å². The summed E-state index contributed by atoms with van der Waals surface area (Å²) in [6.45, 7) is 6.90. The lowest BCUT2D eigenvalue weighted by atomic mass is 10.00. The van der Waals surface area contributed by atoms with E-state index in [9.17, 15) is 0 Å². The summed E-state index contributed by atoms with van der Waals surface area (Å²) in [7, 11) is 0. The van der Waals surface area contributed by atoms with Crippen molar-refractivity contribution in [3.8, 4) is 11.4 Å². The van der Waals surface area contributed by atoms with Gasteiger partial charge in [-0.3, -0.25) is 9.47 Å². The Morgan fingerprint density at radius 2 is 1.93 bits per heavy atom. The van der Waals surface area contributed by atoms with Crippen LogP contribution in [0.3, 0.4) is 0 Å². The zero-order valence-electron chi connectivity index (χ0n) is 15.8. The molecule has 1 aromatic carbocycles. The molecule has 0 bridgehead atoms. The lowest BCUT2D eigenvalue weighted by Crippen LogP contribution is -2.34. The Morgan fingerprint density at radius 1 is 1.19 bits per heavy atom. The van der Waals surface area contributed by atoms with E-state index in [4.69, 9.17) is 33.7 Å². The first-order chi connectivity index (χ1) is 13.1. The highest BCUT2D eigenvalue weighted by Gasteiger charge is 2.22. The minimum atomic E-state index is 0.219. The van der Waals surface area contributed by atoms with Gasteiger partial charge in [-0.2, -0.15) is 5.10 Å². The fourth-order valence-corrected chi connectivity index (χ4v) is 4.28. The molecule has 2 aliphatic heterocycles. The summed E-state index contributed by atoms with van der Waals surface area (Å²) in [5, 5.41) is 5.63. The van der Waals surface area contributed by atoms with Gasteiger partial charge < -0.3 is 4.74 Å². The average Bonchev–Trinajstić information content (AvgIpc) is 3.28. The van der Waals surface area contributed by atoms with Crippen molar-refractivity contribution in [3.63, 3.8) is 0 Å². The molecule has 27 heavy (non-hydrogen) atoms. The molecule has 0 amide bonds. The van der Waals surface area contributed by atoms with Crippen LogP contribution in [0.15, 0.2) is 24.3 Å². The third-order valence-corrected chi connectivity index (χ3v) is 6.33. The van der Waals surface area contributed by atoms with E-state index in [-0.39, 0.29) is 6.10 Å². The van der Waals surface area contributed by atoms with E-state index in [1.54, 1.807) is 0 Å². The Kier molecular flexibility index (Phi) is 5.97. The maximum Gasteiger partial charge on any atom is 0.199 e. The quantitative estimate of drug-likeness (QED) is 0.679. The van der Waals surface area contributed by atoms with Crippen LogP contribution in [-0.2, 0) is 18.0 Å². The van der Waals surface area contributed by atoms with Gasteiger partial charge in [-0.25, -0.2) is 4.68 Å². The van der Waals surface area contributed by atoms with Crippen LogP contribution in [0.4, 0.5) is 0 Å². The van der Waals surface area contributed by atoms with Gasteiger partial charge in [0.15, 0.2) is 10.6 Å². The molecule has 0 aliphatic carbocycles. The summed E-state index contributed by atoms with van der Waals surface area (Å²) < 4.78 is 10.7. The van der Waals surface area contributed by atoms with Gasteiger partial charge in [-0.05, 0) is 68.1 Å². The number of benzene rings is 1. The molecule has 1 unspecified atom stereocenters. The second kappa shape index (κ2) is 8.43. The van der Waals surface area contributed by atoms with Gasteiger partial charge >= 0.3 is 0 Å². The van der Waals surface area contributed by atoms with Gasteiger partial charge in [0, 0.05) is 30.3 Å². The number of ether oxygens (including phenoxy) is 1. The van der Waals surface area contributed by atoms with Crippen molar-refractivity contribution >= 4 is 23.8 Å². The van der Waals surface area contributed by atoms with Gasteiger partial charge in [-0.1, -0.05) is 18.5 Å². The molecular weight excluding hydrogens is 380 g/mol. The van der Waals surface area contributed by atoms with Crippen LogP contribution in [0.1, 0.15) is 32.6 Å². The Balaban J connectivity index is 1.63. The van der Waals surface area contributed by atoms with Crippen molar-refractivity contribution in [2.24, 2.45) is 5.92 Å². The van der Waals surface area contributed by atoms with E-state index < -0.39 is 0 Å². The number of hydrogen-bond donors (Lipinski definition) is 0. The number of nitrogens with zero attached hydrogens (tertiary/aromatic N) is 4. The van der Waals surface area contributed by atoms with E-state index >= 15 is 0 Å². The second-order valence-corrected chi connectivity index (χ2v) is 8.60. The topological polar surface area (TPSA) is 35.2 Å². The summed E-state index contributed by atoms with van der Waals surface area (Å²) in [5.74, 6) is 1.72. The molecule has 0 N–H and O–H groups in total. The molecule has 146 valence electrons. The fraction of sp³-hybridized carbons (Fsp3) is 0.600. The standard InChI is InChI=1S/C20H27ClN4OS/c1-15-8-10-23(11-9-15)14-25-20(27)24(13-18-3-2-12-26-18)19(22-25)16-4-6-17(21)7-5-16/h4-7,15,18H,2-3,8-14H2,1H3. The number of halogens is 1. The molecule has 1 atom stereocenters. The summed E-state index contributed by atoms with van der Waals surface area (Å²) in [4.78, 5) is 2.45. The predicted octanol–water partition coefficient (Wildman–Crippen LogP) is 4.60. The van der Waals surface area contributed by atoms with Crippen molar-refractivity contribution in [1.82, 2.24) is 19.2 Å². The van der Waals surface area contributed by atoms with Crippen molar-refractivity contribution in [1.29, 1.82) is 0 Å². The molecule has 2 fully saturated rings. The number of hydrogen-bond acceptors (Lipinski definition) is 4. The molecule has 2 aliphatic rings. The summed E-state index contributed by atoms with van der Waals surface area (Å²) >= 11 is 11.9.